The Kier molecular flexibility index (Phi) is 7.46. The monoisotopic (exact) mass is 497 g/mol. The highest BCUT2D eigenvalue weighted by molar-refractivity contribution is 6.00. The van der Waals surface area contributed by atoms with E-state index < -0.39 is 45.9 Å². The van der Waals surface area contributed by atoms with Gasteiger partial charge in [0.25, 0.3) is 5.69 Å². The molecular formula is C22H22F3N3O7. The number of carbonyl (C=O) groups is 3. The maximum Gasteiger partial charge on any atom is 0.431 e. The van der Waals surface area contributed by atoms with Crippen LogP contribution in [-0.2, 0) is 23.9 Å². The molecule has 1 aromatic carbocycles. The Morgan fingerprint density at radius 3 is 2.54 bits per heavy atom. The van der Waals surface area contributed by atoms with Crippen LogP contribution in [0.3, 0.4) is 0 Å². The Morgan fingerprint density at radius 1 is 1.26 bits per heavy atom. The molecule has 2 aliphatic rings. The molecule has 1 amide bonds. The van der Waals surface area contributed by atoms with Gasteiger partial charge in [-0.2, -0.15) is 13.2 Å². The van der Waals surface area contributed by atoms with Gasteiger partial charge in [0, 0.05) is 30.8 Å². The van der Waals surface area contributed by atoms with Crippen LogP contribution in [0.4, 0.5) is 18.9 Å². The Labute approximate surface area is 197 Å². The van der Waals surface area contributed by atoms with Crippen LogP contribution in [0.5, 0.6) is 0 Å². The zero-order valence-electron chi connectivity index (χ0n) is 18.8. The van der Waals surface area contributed by atoms with Crippen LogP contribution in [-0.4, -0.2) is 60.7 Å². The molecule has 35 heavy (non-hydrogen) atoms. The van der Waals surface area contributed by atoms with E-state index in [9.17, 15) is 37.7 Å². The zero-order valence-corrected chi connectivity index (χ0v) is 18.8. The second-order valence-electron chi connectivity index (χ2n) is 7.85. The van der Waals surface area contributed by atoms with Crippen LogP contribution in [0.2, 0.25) is 0 Å². The SMILES string of the molecule is COC(=O)C1=C(C)NC(C(F)(F)F)=C(C(=O)OCCN2CCCC2=O)C1c1cccc([N+](=O)[O-])c1. The van der Waals surface area contributed by atoms with E-state index in [1.54, 1.807) is 0 Å². The van der Waals surface area contributed by atoms with Gasteiger partial charge in [0.05, 0.1) is 35.6 Å². The number of hydrogen-bond donors (Lipinski definition) is 1. The van der Waals surface area contributed by atoms with Crippen LogP contribution in [0.15, 0.2) is 46.8 Å². The molecule has 1 N–H and O–H groups in total. The van der Waals surface area contributed by atoms with Crippen LogP contribution >= 0.6 is 0 Å². The van der Waals surface area contributed by atoms with Gasteiger partial charge < -0.3 is 19.7 Å². The molecule has 188 valence electrons. The third-order valence-electron chi connectivity index (χ3n) is 5.65. The minimum absolute atomic E-state index is 0.00711. The molecule has 10 nitrogen and oxygen atoms in total. The number of dihydropyridines is 1. The summed E-state index contributed by atoms with van der Waals surface area (Å²) in [5.41, 5.74) is -3.53. The topological polar surface area (TPSA) is 128 Å². The molecule has 1 saturated heterocycles. The summed E-state index contributed by atoms with van der Waals surface area (Å²) in [5.74, 6) is -4.24. The highest BCUT2D eigenvalue weighted by Gasteiger charge is 2.47. The van der Waals surface area contributed by atoms with Crippen LogP contribution in [0, 0.1) is 10.1 Å². The molecule has 1 fully saturated rings. The highest BCUT2D eigenvalue weighted by Crippen LogP contribution is 2.43. The summed E-state index contributed by atoms with van der Waals surface area (Å²) in [6.07, 6.45) is -4.09. The third-order valence-corrected chi connectivity index (χ3v) is 5.65. The molecular weight excluding hydrogens is 475 g/mol. The molecule has 1 atom stereocenters. The second kappa shape index (κ2) is 10.2. The average molecular weight is 497 g/mol. The Hall–Kier alpha value is -3.90. The molecule has 1 unspecified atom stereocenters. The smallest absolute Gasteiger partial charge is 0.431 e. The van der Waals surface area contributed by atoms with Gasteiger partial charge in [-0.15, -0.1) is 0 Å². The van der Waals surface area contributed by atoms with Crippen molar-refractivity contribution in [1.82, 2.24) is 10.2 Å². The summed E-state index contributed by atoms with van der Waals surface area (Å²) in [4.78, 5) is 49.3. The van der Waals surface area contributed by atoms with Gasteiger partial charge in [-0.3, -0.25) is 14.9 Å². The van der Waals surface area contributed by atoms with Crippen molar-refractivity contribution in [1.29, 1.82) is 0 Å². The molecule has 2 heterocycles. The van der Waals surface area contributed by atoms with Crippen LogP contribution < -0.4 is 5.32 Å². The first-order valence-corrected chi connectivity index (χ1v) is 10.5. The lowest BCUT2D eigenvalue weighted by atomic mass is 9.80. The molecule has 0 bridgehead atoms. The second-order valence-corrected chi connectivity index (χ2v) is 7.85. The van der Waals surface area contributed by atoms with Gasteiger partial charge in [-0.1, -0.05) is 12.1 Å². The van der Waals surface area contributed by atoms with Gasteiger partial charge in [0.15, 0.2) is 0 Å². The lowest BCUT2D eigenvalue weighted by Crippen LogP contribution is -2.39. The van der Waals surface area contributed by atoms with E-state index in [1.807, 2.05) is 0 Å². The van der Waals surface area contributed by atoms with Crippen molar-refractivity contribution < 1.29 is 42.0 Å². The van der Waals surface area contributed by atoms with E-state index >= 15 is 0 Å². The van der Waals surface area contributed by atoms with E-state index in [1.165, 1.54) is 24.0 Å². The number of ether oxygens (including phenoxy) is 2. The maximum atomic E-state index is 14.0. The number of methoxy groups -OCH3 is 1. The molecule has 3 rings (SSSR count). The van der Waals surface area contributed by atoms with Crippen molar-refractivity contribution in [3.63, 3.8) is 0 Å². The number of allylic oxidation sites excluding steroid dienone is 2. The molecule has 1 aromatic rings. The number of benzene rings is 1. The molecule has 0 radical (unpaired) electrons. The number of alkyl halides is 3. The predicted octanol–water partition coefficient (Wildman–Crippen LogP) is 2.71. The zero-order chi connectivity index (χ0) is 25.9. The fourth-order valence-corrected chi connectivity index (χ4v) is 4.07. The van der Waals surface area contributed by atoms with Gasteiger partial charge in [-0.25, -0.2) is 9.59 Å². The number of non-ortho nitro benzene ring substituents is 1. The van der Waals surface area contributed by atoms with Gasteiger partial charge in [0.2, 0.25) is 5.91 Å². The van der Waals surface area contributed by atoms with E-state index in [-0.39, 0.29) is 35.9 Å². The molecule has 0 aromatic heterocycles. The van der Waals surface area contributed by atoms with Gasteiger partial charge >= 0.3 is 18.1 Å². The van der Waals surface area contributed by atoms with Crippen molar-refractivity contribution in [2.24, 2.45) is 0 Å². The largest absolute Gasteiger partial charge is 0.466 e. The number of likely N-dealkylation sites (tertiary alicyclic amines) is 1. The predicted molar refractivity (Wildman–Crippen MR) is 114 cm³/mol. The Balaban J connectivity index is 2.08. The fourth-order valence-electron chi connectivity index (χ4n) is 4.07. The quantitative estimate of drug-likeness (QED) is 0.346. The summed E-state index contributed by atoms with van der Waals surface area (Å²) in [5, 5.41) is 13.3. The van der Waals surface area contributed by atoms with Crippen molar-refractivity contribution in [3.05, 3.63) is 62.5 Å². The number of nitro groups is 1. The maximum absolute atomic E-state index is 14.0. The summed E-state index contributed by atoms with van der Waals surface area (Å²) in [7, 11) is 1.02. The van der Waals surface area contributed by atoms with E-state index in [2.05, 4.69) is 5.32 Å². The highest BCUT2D eigenvalue weighted by atomic mass is 19.4. The van der Waals surface area contributed by atoms with Gasteiger partial charge in [-0.05, 0) is 18.9 Å². The number of hydrogen-bond acceptors (Lipinski definition) is 8. The first-order chi connectivity index (χ1) is 16.5. The van der Waals surface area contributed by atoms with Crippen LogP contribution in [0.25, 0.3) is 0 Å². The van der Waals surface area contributed by atoms with E-state index in [4.69, 9.17) is 9.47 Å². The summed E-state index contributed by atoms with van der Waals surface area (Å²) < 4.78 is 51.9. The standard InChI is InChI=1S/C22H22F3N3O7/c1-12-16(20(30)34-2)17(13-5-3-6-14(11-13)28(32)33)18(19(26-12)22(23,24)25)21(31)35-10-9-27-8-4-7-15(27)29/h3,5-6,11,17,26H,4,7-10H2,1-2H3. The number of esters is 2. The minimum Gasteiger partial charge on any atom is -0.466 e. The number of nitrogens with zero attached hydrogens (tertiary/aromatic N) is 2. The number of halogens is 3. The Bertz CT molecular complexity index is 1130. The van der Waals surface area contributed by atoms with Crippen LogP contribution in [0.1, 0.15) is 31.2 Å². The van der Waals surface area contributed by atoms with Gasteiger partial charge in [0.1, 0.15) is 12.3 Å². The van der Waals surface area contributed by atoms with E-state index in [0.29, 0.717) is 19.4 Å². The summed E-state index contributed by atoms with van der Waals surface area (Å²) in [6, 6.07) is 4.60. The lowest BCUT2D eigenvalue weighted by molar-refractivity contribution is -0.384. The summed E-state index contributed by atoms with van der Waals surface area (Å²) >= 11 is 0. The molecule has 0 spiro atoms. The van der Waals surface area contributed by atoms with Crippen molar-refractivity contribution in [3.8, 4) is 0 Å². The number of carbonyl (C=O) groups excluding carboxylic acids is 3. The van der Waals surface area contributed by atoms with Crippen molar-refractivity contribution in [2.75, 3.05) is 26.8 Å². The summed E-state index contributed by atoms with van der Waals surface area (Å²) in [6.45, 7) is 1.26. The lowest BCUT2D eigenvalue weighted by Gasteiger charge is -2.32. The Morgan fingerprint density at radius 2 is 1.97 bits per heavy atom. The minimum atomic E-state index is -5.05. The number of rotatable bonds is 7. The fraction of sp³-hybridized carbons (Fsp3) is 0.409. The molecule has 13 heteroatoms. The number of nitro benzene ring substituents is 1. The molecule has 2 aliphatic heterocycles. The first-order valence-electron chi connectivity index (χ1n) is 10.5. The van der Waals surface area contributed by atoms with Crippen molar-refractivity contribution >= 4 is 23.5 Å². The normalized spacial score (nSPS) is 18.5. The van der Waals surface area contributed by atoms with Crippen molar-refractivity contribution in [2.45, 2.75) is 31.9 Å². The number of amides is 1. The third kappa shape index (κ3) is 5.44. The number of nitrogens with one attached hydrogen (secondary N) is 1. The average Bonchev–Trinajstić information content (AvgIpc) is 3.21. The van der Waals surface area contributed by atoms with E-state index in [0.717, 1.165) is 19.2 Å². The first kappa shape index (κ1) is 25.7. The molecule has 0 aliphatic carbocycles. The molecule has 0 saturated carbocycles.